The summed E-state index contributed by atoms with van der Waals surface area (Å²) in [7, 11) is 0. The molecule has 4 rings (SSSR count). The number of nitrogens with two attached hydrogens (primary N) is 1. The first-order valence-electron chi connectivity index (χ1n) is 7.91. The number of benzene rings is 1. The number of fused-ring (bicyclic) bond motifs is 1. The quantitative estimate of drug-likeness (QED) is 0.775. The Morgan fingerprint density at radius 1 is 1.25 bits per heavy atom. The third kappa shape index (κ3) is 2.76. The highest BCUT2D eigenvalue weighted by Crippen LogP contribution is 2.35. The zero-order chi connectivity index (χ0) is 16.5. The highest BCUT2D eigenvalue weighted by atomic mass is 16.7. The number of nitrogens with zero attached hydrogens (tertiary/aromatic N) is 3. The fraction of sp³-hybridized carbons (Fsp3) is 0.375. The molecule has 126 valence electrons. The lowest BCUT2D eigenvalue weighted by molar-refractivity contribution is 0.174. The average molecular weight is 329 g/mol. The fourth-order valence-electron chi connectivity index (χ4n) is 3.11. The topological polar surface area (TPSA) is 106 Å². The van der Waals surface area contributed by atoms with Crippen molar-refractivity contribution in [2.45, 2.75) is 18.9 Å². The average Bonchev–Trinajstić information content (AvgIpc) is 3.22. The van der Waals surface area contributed by atoms with Crippen LogP contribution in [-0.4, -0.2) is 41.1 Å². The molecule has 24 heavy (non-hydrogen) atoms. The van der Waals surface area contributed by atoms with Gasteiger partial charge in [0.25, 0.3) is 0 Å². The summed E-state index contributed by atoms with van der Waals surface area (Å²) < 4.78 is 10.7. The SMILES string of the molecule is Nc1nc(Nc2ccc3c(c2)OCO3)cc(N2CCCC2CO)n1. The molecule has 4 N–H and O–H groups in total. The molecule has 1 saturated heterocycles. The van der Waals surface area contributed by atoms with Gasteiger partial charge in [-0.1, -0.05) is 0 Å². The number of nitrogen functional groups attached to an aromatic ring is 1. The van der Waals surface area contributed by atoms with Gasteiger partial charge in [0.1, 0.15) is 11.6 Å². The predicted molar refractivity (Wildman–Crippen MR) is 89.7 cm³/mol. The molecule has 0 bridgehead atoms. The minimum atomic E-state index is 0.0812. The molecule has 1 aromatic carbocycles. The molecule has 2 aromatic rings. The van der Waals surface area contributed by atoms with E-state index in [0.29, 0.717) is 11.6 Å². The van der Waals surface area contributed by atoms with Gasteiger partial charge < -0.3 is 30.5 Å². The van der Waals surface area contributed by atoms with Crippen LogP contribution in [0.15, 0.2) is 24.3 Å². The largest absolute Gasteiger partial charge is 0.454 e. The van der Waals surface area contributed by atoms with Crippen LogP contribution in [0.25, 0.3) is 0 Å². The number of aliphatic hydroxyl groups excluding tert-OH is 1. The molecule has 2 aliphatic rings. The first-order chi connectivity index (χ1) is 11.7. The van der Waals surface area contributed by atoms with E-state index in [2.05, 4.69) is 20.2 Å². The summed E-state index contributed by atoms with van der Waals surface area (Å²) in [4.78, 5) is 10.6. The predicted octanol–water partition coefficient (Wildman–Crippen LogP) is 1.49. The molecule has 8 heteroatoms. The number of hydrogen-bond acceptors (Lipinski definition) is 8. The Bertz CT molecular complexity index is 754. The van der Waals surface area contributed by atoms with Crippen molar-refractivity contribution in [3.8, 4) is 11.5 Å². The first kappa shape index (κ1) is 14.8. The Hall–Kier alpha value is -2.74. The summed E-state index contributed by atoms with van der Waals surface area (Å²) in [6, 6.07) is 7.51. The maximum absolute atomic E-state index is 9.50. The maximum Gasteiger partial charge on any atom is 0.231 e. The molecular formula is C16H19N5O3. The maximum atomic E-state index is 9.50. The van der Waals surface area contributed by atoms with E-state index in [1.807, 2.05) is 24.3 Å². The second kappa shape index (κ2) is 6.04. The van der Waals surface area contributed by atoms with Gasteiger partial charge in [0, 0.05) is 24.4 Å². The van der Waals surface area contributed by atoms with Crippen molar-refractivity contribution >= 4 is 23.3 Å². The van der Waals surface area contributed by atoms with Crippen LogP contribution in [0.3, 0.4) is 0 Å². The number of ether oxygens (including phenoxy) is 2. The number of hydrogen-bond donors (Lipinski definition) is 3. The van der Waals surface area contributed by atoms with E-state index in [0.717, 1.165) is 36.6 Å². The van der Waals surface area contributed by atoms with Crippen molar-refractivity contribution in [3.05, 3.63) is 24.3 Å². The highest BCUT2D eigenvalue weighted by Gasteiger charge is 2.25. The van der Waals surface area contributed by atoms with Crippen LogP contribution in [0, 0.1) is 0 Å². The second-order valence-corrected chi connectivity index (χ2v) is 5.83. The summed E-state index contributed by atoms with van der Waals surface area (Å²) in [6.07, 6.45) is 1.98. The molecule has 3 heterocycles. The molecule has 0 amide bonds. The fourth-order valence-corrected chi connectivity index (χ4v) is 3.11. The summed E-state index contributed by atoms with van der Waals surface area (Å²) in [5.41, 5.74) is 6.68. The van der Waals surface area contributed by atoms with Crippen molar-refractivity contribution < 1.29 is 14.6 Å². The van der Waals surface area contributed by atoms with Crippen LogP contribution < -0.4 is 25.4 Å². The van der Waals surface area contributed by atoms with Crippen LogP contribution in [0.5, 0.6) is 11.5 Å². The Balaban J connectivity index is 1.59. The summed E-state index contributed by atoms with van der Waals surface area (Å²) >= 11 is 0. The van der Waals surface area contributed by atoms with Gasteiger partial charge in [0.15, 0.2) is 11.5 Å². The first-order valence-corrected chi connectivity index (χ1v) is 7.91. The number of nitrogens with one attached hydrogen (secondary N) is 1. The van der Waals surface area contributed by atoms with E-state index >= 15 is 0 Å². The second-order valence-electron chi connectivity index (χ2n) is 5.83. The van der Waals surface area contributed by atoms with Crippen LogP contribution in [0.4, 0.5) is 23.3 Å². The lowest BCUT2D eigenvalue weighted by Crippen LogP contribution is -2.33. The normalized spacial score (nSPS) is 18.9. The molecule has 0 radical (unpaired) electrons. The Labute approximate surface area is 139 Å². The third-order valence-electron chi connectivity index (χ3n) is 4.26. The van der Waals surface area contributed by atoms with E-state index in [-0.39, 0.29) is 25.4 Å². The van der Waals surface area contributed by atoms with Gasteiger partial charge in [-0.15, -0.1) is 0 Å². The zero-order valence-electron chi connectivity index (χ0n) is 13.1. The molecule has 8 nitrogen and oxygen atoms in total. The molecule has 2 aliphatic heterocycles. The van der Waals surface area contributed by atoms with Crippen LogP contribution in [-0.2, 0) is 0 Å². The summed E-state index contributed by atoms with van der Waals surface area (Å²) in [5.74, 6) is 2.94. The van der Waals surface area contributed by atoms with Gasteiger partial charge in [-0.2, -0.15) is 9.97 Å². The van der Waals surface area contributed by atoms with E-state index in [4.69, 9.17) is 15.2 Å². The highest BCUT2D eigenvalue weighted by molar-refractivity contribution is 5.65. The number of rotatable bonds is 4. The lowest BCUT2D eigenvalue weighted by atomic mass is 10.2. The van der Waals surface area contributed by atoms with Crippen molar-refractivity contribution in [3.63, 3.8) is 0 Å². The number of aliphatic hydroxyl groups is 1. The lowest BCUT2D eigenvalue weighted by Gasteiger charge is -2.24. The van der Waals surface area contributed by atoms with Gasteiger partial charge >= 0.3 is 0 Å². The van der Waals surface area contributed by atoms with Crippen molar-refractivity contribution in [1.29, 1.82) is 0 Å². The van der Waals surface area contributed by atoms with Gasteiger partial charge in [0.2, 0.25) is 12.7 Å². The van der Waals surface area contributed by atoms with E-state index in [1.54, 1.807) is 0 Å². The summed E-state index contributed by atoms with van der Waals surface area (Å²) in [5, 5.41) is 12.7. The van der Waals surface area contributed by atoms with Crippen molar-refractivity contribution in [2.75, 3.05) is 35.9 Å². The Kier molecular flexibility index (Phi) is 3.73. The van der Waals surface area contributed by atoms with E-state index in [9.17, 15) is 5.11 Å². The van der Waals surface area contributed by atoms with Gasteiger partial charge in [0.05, 0.1) is 12.6 Å². The minimum Gasteiger partial charge on any atom is -0.454 e. The smallest absolute Gasteiger partial charge is 0.231 e. The third-order valence-corrected chi connectivity index (χ3v) is 4.26. The van der Waals surface area contributed by atoms with Crippen molar-refractivity contribution in [1.82, 2.24) is 9.97 Å². The minimum absolute atomic E-state index is 0.0812. The zero-order valence-corrected chi connectivity index (χ0v) is 13.1. The van der Waals surface area contributed by atoms with Crippen molar-refractivity contribution in [2.24, 2.45) is 0 Å². The molecule has 0 spiro atoms. The molecule has 0 aliphatic carbocycles. The van der Waals surface area contributed by atoms with Gasteiger partial charge in [-0.3, -0.25) is 0 Å². The number of anilines is 4. The standard InChI is InChI=1S/C16H19N5O3/c17-16-19-14(7-15(20-16)21-5-1-2-11(21)8-22)18-10-3-4-12-13(6-10)24-9-23-12/h3-4,6-7,11,22H,1-2,5,8-9H2,(H3,17,18,19,20). The monoisotopic (exact) mass is 329 g/mol. The Morgan fingerprint density at radius 3 is 3.00 bits per heavy atom. The van der Waals surface area contributed by atoms with E-state index < -0.39 is 0 Å². The van der Waals surface area contributed by atoms with Crippen LogP contribution >= 0.6 is 0 Å². The molecule has 1 atom stereocenters. The van der Waals surface area contributed by atoms with E-state index in [1.165, 1.54) is 0 Å². The molecule has 0 saturated carbocycles. The molecule has 1 unspecified atom stereocenters. The summed E-state index contributed by atoms with van der Waals surface area (Å²) in [6.45, 7) is 1.20. The Morgan fingerprint density at radius 2 is 2.12 bits per heavy atom. The van der Waals surface area contributed by atoms with Crippen LogP contribution in [0.2, 0.25) is 0 Å². The van der Waals surface area contributed by atoms with Crippen LogP contribution in [0.1, 0.15) is 12.8 Å². The molecular weight excluding hydrogens is 310 g/mol. The van der Waals surface area contributed by atoms with Gasteiger partial charge in [-0.05, 0) is 25.0 Å². The molecule has 1 fully saturated rings. The number of aromatic nitrogens is 2. The molecule has 1 aromatic heterocycles. The van der Waals surface area contributed by atoms with Gasteiger partial charge in [-0.25, -0.2) is 0 Å².